The quantitative estimate of drug-likeness (QED) is 0.485. The first-order valence-corrected chi connectivity index (χ1v) is 3.26. The van der Waals surface area contributed by atoms with E-state index < -0.39 is 0 Å². The highest BCUT2D eigenvalue weighted by atomic mass is 15.4. The topological polar surface area (TPSA) is 48.8 Å². The molecular formula is C6H8N4. The van der Waals surface area contributed by atoms with Gasteiger partial charge in [-0.2, -0.15) is 0 Å². The van der Waals surface area contributed by atoms with E-state index in [0.29, 0.717) is 0 Å². The minimum Gasteiger partial charge on any atom is -0.304 e. The summed E-state index contributed by atoms with van der Waals surface area (Å²) in [5.74, 6) is 0.831. The number of hydrogen-bond donors (Lipinski definition) is 2. The fourth-order valence-electron chi connectivity index (χ4n) is 0.949. The first-order valence-electron chi connectivity index (χ1n) is 3.26. The first-order chi connectivity index (χ1) is 4.97. The summed E-state index contributed by atoms with van der Waals surface area (Å²) < 4.78 is 0. The molecule has 0 bridgehead atoms. The van der Waals surface area contributed by atoms with Crippen LogP contribution in [0, 0.1) is 0 Å². The molecule has 0 aromatic heterocycles. The molecule has 2 N–H and O–H groups in total. The summed E-state index contributed by atoms with van der Waals surface area (Å²) in [5.41, 5.74) is 6.91. The number of nitrogens with one attached hydrogen (secondary N) is 2. The van der Waals surface area contributed by atoms with Crippen LogP contribution >= 0.6 is 0 Å². The molecule has 0 aromatic carbocycles. The third kappa shape index (κ3) is 0.823. The summed E-state index contributed by atoms with van der Waals surface area (Å²) in [5, 5.41) is 0. The molecule has 2 rings (SSSR count). The van der Waals surface area contributed by atoms with Crippen molar-refractivity contribution >= 4 is 12.2 Å². The largest absolute Gasteiger partial charge is 0.304 e. The van der Waals surface area contributed by atoms with Gasteiger partial charge < -0.3 is 5.43 Å². The van der Waals surface area contributed by atoms with Crippen molar-refractivity contribution in [1.29, 1.82) is 0 Å². The zero-order chi connectivity index (χ0) is 6.81. The van der Waals surface area contributed by atoms with E-state index in [1.165, 1.54) is 0 Å². The molecule has 0 saturated carbocycles. The molecule has 0 atom stereocenters. The van der Waals surface area contributed by atoms with E-state index in [1.54, 1.807) is 6.34 Å². The van der Waals surface area contributed by atoms with Gasteiger partial charge in [-0.1, -0.05) is 6.08 Å². The Morgan fingerprint density at radius 2 is 2.50 bits per heavy atom. The van der Waals surface area contributed by atoms with Crippen LogP contribution in [-0.4, -0.2) is 18.7 Å². The molecule has 0 saturated heterocycles. The minimum absolute atomic E-state index is 0.831. The molecule has 4 heteroatoms. The van der Waals surface area contributed by atoms with Crippen LogP contribution in [0.15, 0.2) is 21.8 Å². The van der Waals surface area contributed by atoms with Gasteiger partial charge in [0, 0.05) is 6.54 Å². The molecule has 0 radical (unpaired) electrons. The highest BCUT2D eigenvalue weighted by Gasteiger charge is 2.10. The predicted molar refractivity (Wildman–Crippen MR) is 39.8 cm³/mol. The number of nitrogens with zero attached hydrogens (tertiary/aromatic N) is 2. The Morgan fingerprint density at radius 3 is 3.50 bits per heavy atom. The van der Waals surface area contributed by atoms with Crippen LogP contribution in [0.5, 0.6) is 0 Å². The molecule has 0 amide bonds. The van der Waals surface area contributed by atoms with Crippen molar-refractivity contribution in [2.24, 2.45) is 9.98 Å². The van der Waals surface area contributed by atoms with E-state index in [1.807, 2.05) is 0 Å². The van der Waals surface area contributed by atoms with Gasteiger partial charge in [0.25, 0.3) is 0 Å². The summed E-state index contributed by atoms with van der Waals surface area (Å²) in [4.78, 5) is 8.05. The number of fused-ring (bicyclic) bond motifs is 1. The van der Waals surface area contributed by atoms with Gasteiger partial charge >= 0.3 is 0 Å². The van der Waals surface area contributed by atoms with Gasteiger partial charge in [0.1, 0.15) is 12.0 Å². The average molecular weight is 136 g/mol. The van der Waals surface area contributed by atoms with Crippen molar-refractivity contribution in [1.82, 2.24) is 10.9 Å². The molecule has 2 aliphatic rings. The van der Waals surface area contributed by atoms with E-state index in [-0.39, 0.29) is 0 Å². The molecule has 0 spiro atoms. The van der Waals surface area contributed by atoms with Crippen LogP contribution in [0.2, 0.25) is 0 Å². The molecule has 10 heavy (non-hydrogen) atoms. The predicted octanol–water partition coefficient (Wildman–Crippen LogP) is -0.191. The van der Waals surface area contributed by atoms with Crippen molar-refractivity contribution in [3.8, 4) is 0 Å². The van der Waals surface area contributed by atoms with Crippen LogP contribution in [0.4, 0.5) is 0 Å². The van der Waals surface area contributed by atoms with Crippen molar-refractivity contribution in [3.63, 3.8) is 0 Å². The van der Waals surface area contributed by atoms with Gasteiger partial charge in [-0.15, -0.1) is 0 Å². The molecule has 0 fully saturated rings. The van der Waals surface area contributed by atoms with Crippen LogP contribution in [0.3, 0.4) is 0 Å². The van der Waals surface area contributed by atoms with Gasteiger partial charge in [0.15, 0.2) is 5.84 Å². The van der Waals surface area contributed by atoms with Crippen LogP contribution in [0.25, 0.3) is 0 Å². The second-order valence-corrected chi connectivity index (χ2v) is 2.15. The molecule has 0 aromatic rings. The molecular weight excluding hydrogens is 128 g/mol. The lowest BCUT2D eigenvalue weighted by atomic mass is 10.3. The fourth-order valence-corrected chi connectivity index (χ4v) is 0.949. The fraction of sp³-hybridized carbons (Fsp3) is 0.333. The van der Waals surface area contributed by atoms with E-state index >= 15 is 0 Å². The second-order valence-electron chi connectivity index (χ2n) is 2.15. The Balaban J connectivity index is 2.28. The van der Waals surface area contributed by atoms with E-state index in [9.17, 15) is 0 Å². The first kappa shape index (κ1) is 5.61. The summed E-state index contributed by atoms with van der Waals surface area (Å²) in [7, 11) is 0. The van der Waals surface area contributed by atoms with Crippen molar-refractivity contribution in [2.75, 3.05) is 6.54 Å². The maximum Gasteiger partial charge on any atom is 0.167 e. The number of aliphatic imine (C=N–C) groups is 2. The minimum atomic E-state index is 0.831. The maximum atomic E-state index is 4.05. The van der Waals surface area contributed by atoms with Gasteiger partial charge in [-0.05, 0) is 6.42 Å². The summed E-state index contributed by atoms with van der Waals surface area (Å²) in [6.45, 7) is 0.929. The van der Waals surface area contributed by atoms with E-state index in [2.05, 4.69) is 26.9 Å². The molecule has 4 nitrogen and oxygen atoms in total. The van der Waals surface area contributed by atoms with Crippen molar-refractivity contribution in [2.45, 2.75) is 6.42 Å². The van der Waals surface area contributed by atoms with E-state index in [4.69, 9.17) is 0 Å². The Bertz CT molecular complexity index is 226. The summed E-state index contributed by atoms with van der Waals surface area (Å²) in [6, 6.07) is 0. The van der Waals surface area contributed by atoms with Crippen molar-refractivity contribution in [3.05, 3.63) is 11.8 Å². The van der Waals surface area contributed by atoms with E-state index in [0.717, 1.165) is 24.5 Å². The summed E-state index contributed by atoms with van der Waals surface area (Å²) >= 11 is 0. The number of hydrazine groups is 1. The Hall–Kier alpha value is -1.16. The standard InChI is InChI=1S/C6H8N4/c1-2-5-6(8-4-7-5)10-9-3-1/h2,4,9H,1,3H2,(H,7,8,10). The third-order valence-electron chi connectivity index (χ3n) is 1.44. The smallest absolute Gasteiger partial charge is 0.167 e. The molecule has 2 aliphatic heterocycles. The normalized spacial score (nSPS) is 22.4. The van der Waals surface area contributed by atoms with Crippen LogP contribution < -0.4 is 10.9 Å². The summed E-state index contributed by atoms with van der Waals surface area (Å²) in [6.07, 6.45) is 4.62. The zero-order valence-corrected chi connectivity index (χ0v) is 5.46. The maximum absolute atomic E-state index is 4.05. The Morgan fingerprint density at radius 1 is 1.50 bits per heavy atom. The highest BCUT2D eigenvalue weighted by Crippen LogP contribution is 2.06. The average Bonchev–Trinajstić information content (AvgIpc) is 2.28. The van der Waals surface area contributed by atoms with Crippen LogP contribution in [-0.2, 0) is 0 Å². The van der Waals surface area contributed by atoms with Gasteiger partial charge in [-0.3, -0.25) is 0 Å². The molecule has 52 valence electrons. The van der Waals surface area contributed by atoms with Crippen LogP contribution in [0.1, 0.15) is 6.42 Å². The SMILES string of the molecule is C1=NC2=CCCNNC2=N1. The van der Waals surface area contributed by atoms with Gasteiger partial charge in [0.2, 0.25) is 0 Å². The Labute approximate surface area is 58.7 Å². The lowest BCUT2D eigenvalue weighted by molar-refractivity contribution is 0.667. The molecule has 0 unspecified atom stereocenters. The second kappa shape index (κ2) is 2.22. The number of hydrogen-bond acceptors (Lipinski definition) is 4. The lowest BCUT2D eigenvalue weighted by Crippen LogP contribution is -2.36. The van der Waals surface area contributed by atoms with Gasteiger partial charge in [0.05, 0.1) is 0 Å². The molecule has 2 heterocycles. The highest BCUT2D eigenvalue weighted by molar-refractivity contribution is 6.06. The third-order valence-corrected chi connectivity index (χ3v) is 1.44. The monoisotopic (exact) mass is 136 g/mol. The van der Waals surface area contributed by atoms with Gasteiger partial charge in [-0.25, -0.2) is 15.4 Å². The number of amidine groups is 1. The Kier molecular flexibility index (Phi) is 1.25. The lowest BCUT2D eigenvalue weighted by Gasteiger charge is -2.01. The van der Waals surface area contributed by atoms with Crippen molar-refractivity contribution < 1.29 is 0 Å². The zero-order valence-electron chi connectivity index (χ0n) is 5.46. The molecule has 0 aliphatic carbocycles. The number of rotatable bonds is 0.